The molecule has 27 heavy (non-hydrogen) atoms. The highest BCUT2D eigenvalue weighted by Gasteiger charge is 2.24. The molecule has 2 aromatic carbocycles. The van der Waals surface area contributed by atoms with Gasteiger partial charge >= 0.3 is 0 Å². The third kappa shape index (κ3) is 3.46. The fraction of sp³-hybridized carbons (Fsp3) is 0.190. The van der Waals surface area contributed by atoms with E-state index < -0.39 is 0 Å². The van der Waals surface area contributed by atoms with E-state index >= 15 is 0 Å². The standard InChI is InChI=1S/C21H20N4O2/c1-14(26)22-16-8-5-7-15(13-16)21(27)23-20-18-11-6-12-19(18)24-25(20)17-9-3-2-4-10-17/h2-5,7-10,13H,6,11-12H2,1H3,(H,22,26)(H,23,27). The molecule has 136 valence electrons. The highest BCUT2D eigenvalue weighted by atomic mass is 16.2. The maximum Gasteiger partial charge on any atom is 0.256 e. The maximum absolute atomic E-state index is 12.9. The molecular weight excluding hydrogens is 340 g/mol. The molecule has 0 saturated carbocycles. The number of nitrogens with zero attached hydrogens (tertiary/aromatic N) is 2. The molecule has 0 spiro atoms. The Balaban J connectivity index is 1.67. The van der Waals surface area contributed by atoms with Crippen molar-refractivity contribution in [2.75, 3.05) is 10.6 Å². The third-order valence-corrected chi connectivity index (χ3v) is 4.58. The van der Waals surface area contributed by atoms with Crippen molar-refractivity contribution in [1.29, 1.82) is 0 Å². The van der Waals surface area contributed by atoms with Gasteiger partial charge in [0.25, 0.3) is 5.91 Å². The largest absolute Gasteiger partial charge is 0.326 e. The van der Waals surface area contributed by atoms with E-state index in [4.69, 9.17) is 5.10 Å². The molecule has 4 rings (SSSR count). The van der Waals surface area contributed by atoms with Crippen molar-refractivity contribution in [1.82, 2.24) is 9.78 Å². The number of anilines is 2. The average molecular weight is 360 g/mol. The zero-order valence-corrected chi connectivity index (χ0v) is 15.0. The van der Waals surface area contributed by atoms with Crippen LogP contribution in [0.15, 0.2) is 54.6 Å². The van der Waals surface area contributed by atoms with Gasteiger partial charge < -0.3 is 10.6 Å². The normalized spacial score (nSPS) is 12.5. The fourth-order valence-corrected chi connectivity index (χ4v) is 3.40. The zero-order chi connectivity index (χ0) is 18.8. The number of hydrogen-bond donors (Lipinski definition) is 2. The minimum atomic E-state index is -0.228. The molecule has 0 aliphatic heterocycles. The first-order chi connectivity index (χ1) is 13.1. The van der Waals surface area contributed by atoms with Crippen LogP contribution in [0.1, 0.15) is 35.0 Å². The highest BCUT2D eigenvalue weighted by Crippen LogP contribution is 2.31. The van der Waals surface area contributed by atoms with E-state index in [9.17, 15) is 9.59 Å². The number of carbonyl (C=O) groups is 2. The van der Waals surface area contributed by atoms with Crippen LogP contribution in [0.5, 0.6) is 0 Å². The van der Waals surface area contributed by atoms with Crippen molar-refractivity contribution >= 4 is 23.3 Å². The molecule has 0 bridgehead atoms. The molecule has 1 aliphatic rings. The summed E-state index contributed by atoms with van der Waals surface area (Å²) in [6.45, 7) is 1.44. The average Bonchev–Trinajstić information content (AvgIpc) is 3.25. The number of amides is 2. The van der Waals surface area contributed by atoms with E-state index in [0.717, 1.165) is 42.0 Å². The van der Waals surface area contributed by atoms with Gasteiger partial charge in [0.2, 0.25) is 5.91 Å². The lowest BCUT2D eigenvalue weighted by atomic mass is 10.1. The summed E-state index contributed by atoms with van der Waals surface area (Å²) in [4.78, 5) is 24.1. The van der Waals surface area contributed by atoms with E-state index in [0.29, 0.717) is 11.3 Å². The molecule has 0 radical (unpaired) electrons. The van der Waals surface area contributed by atoms with Gasteiger partial charge in [-0.05, 0) is 49.6 Å². The minimum absolute atomic E-state index is 0.174. The molecule has 1 aliphatic carbocycles. The van der Waals surface area contributed by atoms with Gasteiger partial charge in [-0.25, -0.2) is 4.68 Å². The van der Waals surface area contributed by atoms with Gasteiger partial charge in [0.15, 0.2) is 0 Å². The molecule has 6 nitrogen and oxygen atoms in total. The van der Waals surface area contributed by atoms with E-state index in [1.807, 2.05) is 30.3 Å². The maximum atomic E-state index is 12.9. The number of hydrogen-bond acceptors (Lipinski definition) is 3. The minimum Gasteiger partial charge on any atom is -0.326 e. The first-order valence-electron chi connectivity index (χ1n) is 8.97. The molecule has 3 aromatic rings. The van der Waals surface area contributed by atoms with Gasteiger partial charge in [-0.2, -0.15) is 5.10 Å². The van der Waals surface area contributed by atoms with E-state index in [-0.39, 0.29) is 11.8 Å². The Morgan fingerprint density at radius 1 is 1.00 bits per heavy atom. The molecular formula is C21H20N4O2. The van der Waals surface area contributed by atoms with Crippen LogP contribution in [0.4, 0.5) is 11.5 Å². The van der Waals surface area contributed by atoms with Gasteiger partial charge in [-0.1, -0.05) is 24.3 Å². The summed E-state index contributed by atoms with van der Waals surface area (Å²) in [5.74, 6) is 0.324. The predicted octanol–water partition coefficient (Wildman–Crippen LogP) is 3.57. The van der Waals surface area contributed by atoms with Crippen molar-refractivity contribution in [3.63, 3.8) is 0 Å². The second-order valence-electron chi connectivity index (χ2n) is 6.59. The van der Waals surface area contributed by atoms with Crippen molar-refractivity contribution in [3.05, 3.63) is 71.4 Å². The smallest absolute Gasteiger partial charge is 0.256 e. The van der Waals surface area contributed by atoms with E-state index in [1.165, 1.54) is 6.92 Å². The van der Waals surface area contributed by atoms with Crippen molar-refractivity contribution < 1.29 is 9.59 Å². The van der Waals surface area contributed by atoms with E-state index in [1.54, 1.807) is 28.9 Å². The summed E-state index contributed by atoms with van der Waals surface area (Å²) in [6, 6.07) is 16.7. The van der Waals surface area contributed by atoms with Crippen LogP contribution in [0.25, 0.3) is 5.69 Å². The molecule has 1 heterocycles. The zero-order valence-electron chi connectivity index (χ0n) is 15.0. The molecule has 0 unspecified atom stereocenters. The lowest BCUT2D eigenvalue weighted by molar-refractivity contribution is -0.114. The fourth-order valence-electron chi connectivity index (χ4n) is 3.40. The Morgan fingerprint density at radius 3 is 2.59 bits per heavy atom. The molecule has 0 atom stereocenters. The molecule has 6 heteroatoms. The SMILES string of the molecule is CC(=O)Nc1cccc(C(=O)Nc2c3c(nn2-c2ccccc2)CCC3)c1. The number of nitrogens with one attached hydrogen (secondary N) is 2. The number of aryl methyl sites for hydroxylation is 1. The Labute approximate surface area is 157 Å². The lowest BCUT2D eigenvalue weighted by Crippen LogP contribution is -2.17. The van der Waals surface area contributed by atoms with Gasteiger partial charge in [0, 0.05) is 23.7 Å². The summed E-state index contributed by atoms with van der Waals surface area (Å²) in [6.07, 6.45) is 2.88. The van der Waals surface area contributed by atoms with E-state index in [2.05, 4.69) is 10.6 Å². The van der Waals surface area contributed by atoms with Crippen LogP contribution in [0.2, 0.25) is 0 Å². The number of carbonyl (C=O) groups excluding carboxylic acids is 2. The summed E-state index contributed by atoms with van der Waals surface area (Å²) in [5.41, 5.74) is 4.13. The third-order valence-electron chi connectivity index (χ3n) is 4.58. The number of para-hydroxylation sites is 1. The number of benzene rings is 2. The summed E-state index contributed by atoms with van der Waals surface area (Å²) < 4.78 is 1.80. The Bertz CT molecular complexity index is 1010. The topological polar surface area (TPSA) is 76.0 Å². The summed E-state index contributed by atoms with van der Waals surface area (Å²) >= 11 is 0. The second-order valence-corrected chi connectivity index (χ2v) is 6.59. The first-order valence-corrected chi connectivity index (χ1v) is 8.97. The van der Waals surface area contributed by atoms with Crippen molar-refractivity contribution in [2.45, 2.75) is 26.2 Å². The lowest BCUT2D eigenvalue weighted by Gasteiger charge is -2.12. The van der Waals surface area contributed by atoms with Crippen LogP contribution < -0.4 is 10.6 Å². The van der Waals surface area contributed by atoms with Gasteiger partial charge in [0.1, 0.15) is 5.82 Å². The van der Waals surface area contributed by atoms with Crippen molar-refractivity contribution in [3.8, 4) is 5.69 Å². The highest BCUT2D eigenvalue weighted by molar-refractivity contribution is 6.05. The summed E-state index contributed by atoms with van der Waals surface area (Å²) in [7, 11) is 0. The number of fused-ring (bicyclic) bond motifs is 1. The van der Waals surface area contributed by atoms with Gasteiger partial charge in [-0.3, -0.25) is 9.59 Å². The number of aromatic nitrogens is 2. The Kier molecular flexibility index (Phi) is 4.46. The quantitative estimate of drug-likeness (QED) is 0.747. The van der Waals surface area contributed by atoms with Crippen LogP contribution in [0, 0.1) is 0 Å². The Hall–Kier alpha value is -3.41. The summed E-state index contributed by atoms with van der Waals surface area (Å²) in [5, 5.41) is 10.4. The van der Waals surface area contributed by atoms with Gasteiger partial charge in [0.05, 0.1) is 11.4 Å². The predicted molar refractivity (Wildman–Crippen MR) is 104 cm³/mol. The molecule has 1 aromatic heterocycles. The van der Waals surface area contributed by atoms with Crippen LogP contribution in [-0.2, 0) is 17.6 Å². The monoisotopic (exact) mass is 360 g/mol. The second kappa shape index (κ2) is 7.07. The van der Waals surface area contributed by atoms with Crippen LogP contribution in [0.3, 0.4) is 0 Å². The van der Waals surface area contributed by atoms with Crippen LogP contribution >= 0.6 is 0 Å². The van der Waals surface area contributed by atoms with Crippen LogP contribution in [-0.4, -0.2) is 21.6 Å². The molecule has 0 saturated heterocycles. The Morgan fingerprint density at radius 2 is 1.81 bits per heavy atom. The van der Waals surface area contributed by atoms with Crippen molar-refractivity contribution in [2.24, 2.45) is 0 Å². The number of rotatable bonds is 4. The molecule has 2 N–H and O–H groups in total. The first kappa shape index (κ1) is 17.0. The molecule has 0 fully saturated rings. The molecule has 2 amide bonds. The van der Waals surface area contributed by atoms with Gasteiger partial charge in [-0.15, -0.1) is 0 Å².